The Morgan fingerprint density at radius 2 is 2.29 bits per heavy atom. The van der Waals surface area contributed by atoms with Crippen molar-refractivity contribution in [1.29, 1.82) is 0 Å². The van der Waals surface area contributed by atoms with Crippen molar-refractivity contribution in [2.45, 2.75) is 12.8 Å². The highest BCUT2D eigenvalue weighted by Crippen LogP contribution is 2.18. The van der Waals surface area contributed by atoms with Crippen molar-refractivity contribution in [3.05, 3.63) is 39.7 Å². The van der Waals surface area contributed by atoms with Gasteiger partial charge < -0.3 is 10.2 Å². The average molecular weight is 295 g/mol. The highest BCUT2D eigenvalue weighted by molar-refractivity contribution is 5.94. The number of nitro groups is 1. The van der Waals surface area contributed by atoms with Gasteiger partial charge in [-0.3, -0.25) is 14.9 Å². The zero-order valence-electron chi connectivity index (χ0n) is 11.8. The number of hydrogen-bond donors (Lipinski definition) is 1. The minimum absolute atomic E-state index is 0.00738. The Kier molecular flexibility index (Phi) is 4.85. The van der Waals surface area contributed by atoms with Crippen LogP contribution in [0.4, 0.5) is 10.1 Å². The molecule has 0 aliphatic carbocycles. The molecule has 1 fully saturated rings. The lowest BCUT2D eigenvalue weighted by Crippen LogP contribution is -2.39. The Morgan fingerprint density at radius 3 is 2.90 bits per heavy atom. The van der Waals surface area contributed by atoms with Crippen molar-refractivity contribution in [1.82, 2.24) is 10.2 Å². The SMILES string of the molecule is CN(CC1CCCNC1)C(=O)c1cc(F)cc([N+](=O)[O-])c1. The topological polar surface area (TPSA) is 75.5 Å². The van der Waals surface area contributed by atoms with E-state index >= 15 is 0 Å². The van der Waals surface area contributed by atoms with Crippen LogP contribution in [0.5, 0.6) is 0 Å². The lowest BCUT2D eigenvalue weighted by atomic mass is 9.99. The molecule has 1 aliphatic rings. The lowest BCUT2D eigenvalue weighted by Gasteiger charge is -2.27. The predicted molar refractivity (Wildman–Crippen MR) is 75.6 cm³/mol. The van der Waals surface area contributed by atoms with Gasteiger partial charge in [0, 0.05) is 25.2 Å². The van der Waals surface area contributed by atoms with Gasteiger partial charge in [-0.15, -0.1) is 0 Å². The molecular formula is C14H18FN3O3. The molecule has 0 saturated carbocycles. The number of nitro benzene ring substituents is 1. The van der Waals surface area contributed by atoms with E-state index in [9.17, 15) is 19.3 Å². The second-order valence-electron chi connectivity index (χ2n) is 5.35. The molecule has 1 aromatic carbocycles. The minimum Gasteiger partial charge on any atom is -0.341 e. The third-order valence-corrected chi connectivity index (χ3v) is 3.62. The molecule has 0 radical (unpaired) electrons. The summed E-state index contributed by atoms with van der Waals surface area (Å²) in [4.78, 5) is 23.8. The Morgan fingerprint density at radius 1 is 1.52 bits per heavy atom. The number of carbonyl (C=O) groups is 1. The average Bonchev–Trinajstić information content (AvgIpc) is 2.46. The second kappa shape index (κ2) is 6.62. The van der Waals surface area contributed by atoms with E-state index < -0.39 is 22.3 Å². The molecule has 1 unspecified atom stereocenters. The maximum Gasteiger partial charge on any atom is 0.273 e. The molecule has 114 valence electrons. The maximum absolute atomic E-state index is 13.4. The van der Waals surface area contributed by atoms with Crippen molar-refractivity contribution < 1.29 is 14.1 Å². The highest BCUT2D eigenvalue weighted by Gasteiger charge is 2.21. The fourth-order valence-electron chi connectivity index (χ4n) is 2.57. The van der Waals surface area contributed by atoms with Crippen LogP contribution in [-0.4, -0.2) is 42.4 Å². The first kappa shape index (κ1) is 15.4. The number of amides is 1. The third-order valence-electron chi connectivity index (χ3n) is 3.62. The summed E-state index contributed by atoms with van der Waals surface area (Å²) >= 11 is 0. The number of nitrogens with one attached hydrogen (secondary N) is 1. The van der Waals surface area contributed by atoms with E-state index in [0.29, 0.717) is 12.5 Å². The summed E-state index contributed by atoms with van der Waals surface area (Å²) in [5, 5.41) is 14.0. The molecule has 1 aromatic rings. The van der Waals surface area contributed by atoms with Crippen molar-refractivity contribution in [3.8, 4) is 0 Å². The van der Waals surface area contributed by atoms with Crippen LogP contribution in [0.25, 0.3) is 0 Å². The third kappa shape index (κ3) is 3.98. The molecule has 0 aromatic heterocycles. The largest absolute Gasteiger partial charge is 0.341 e. The number of carbonyl (C=O) groups excluding carboxylic acids is 1. The summed E-state index contributed by atoms with van der Waals surface area (Å²) in [7, 11) is 1.63. The summed E-state index contributed by atoms with van der Waals surface area (Å²) in [6.07, 6.45) is 2.10. The van der Waals surface area contributed by atoms with E-state index in [1.54, 1.807) is 7.05 Å². The number of rotatable bonds is 4. The van der Waals surface area contributed by atoms with Crippen LogP contribution in [0.1, 0.15) is 23.2 Å². The predicted octanol–water partition coefficient (Wildman–Crippen LogP) is 1.81. The van der Waals surface area contributed by atoms with Crippen molar-refractivity contribution in [3.63, 3.8) is 0 Å². The standard InChI is InChI=1S/C14H18FN3O3/c1-17(9-10-3-2-4-16-8-10)14(19)11-5-12(15)7-13(6-11)18(20)21/h5-7,10,16H,2-4,8-9H2,1H3. The molecule has 1 heterocycles. The zero-order chi connectivity index (χ0) is 15.4. The number of benzene rings is 1. The number of piperidine rings is 1. The van der Waals surface area contributed by atoms with Gasteiger partial charge in [-0.25, -0.2) is 4.39 Å². The molecule has 6 nitrogen and oxygen atoms in total. The van der Waals surface area contributed by atoms with Gasteiger partial charge in [0.25, 0.3) is 11.6 Å². The van der Waals surface area contributed by atoms with Gasteiger partial charge in [0.2, 0.25) is 0 Å². The Hall–Kier alpha value is -2.02. The van der Waals surface area contributed by atoms with Crippen LogP contribution in [0.3, 0.4) is 0 Å². The first-order valence-electron chi connectivity index (χ1n) is 6.88. The number of hydrogen-bond acceptors (Lipinski definition) is 4. The number of nitrogens with zero attached hydrogens (tertiary/aromatic N) is 2. The van der Waals surface area contributed by atoms with Crippen molar-refractivity contribution >= 4 is 11.6 Å². The molecule has 1 saturated heterocycles. The monoisotopic (exact) mass is 295 g/mol. The van der Waals surface area contributed by atoms with Crippen molar-refractivity contribution in [2.24, 2.45) is 5.92 Å². The molecule has 1 aliphatic heterocycles. The first-order valence-corrected chi connectivity index (χ1v) is 6.88. The van der Waals surface area contributed by atoms with Gasteiger partial charge >= 0.3 is 0 Å². The first-order chi connectivity index (χ1) is 9.97. The van der Waals surface area contributed by atoms with Crippen LogP contribution in [-0.2, 0) is 0 Å². The fourth-order valence-corrected chi connectivity index (χ4v) is 2.57. The molecule has 1 N–H and O–H groups in total. The van der Waals surface area contributed by atoms with Crippen LogP contribution in [0.2, 0.25) is 0 Å². The van der Waals surface area contributed by atoms with Gasteiger partial charge in [-0.2, -0.15) is 0 Å². The molecule has 7 heteroatoms. The van der Waals surface area contributed by atoms with E-state index in [2.05, 4.69) is 5.32 Å². The molecule has 0 bridgehead atoms. The van der Waals surface area contributed by atoms with E-state index in [1.165, 1.54) is 4.90 Å². The van der Waals surface area contributed by atoms with E-state index in [1.807, 2.05) is 0 Å². The molecule has 2 rings (SSSR count). The molecule has 1 amide bonds. The molecule has 0 spiro atoms. The summed E-state index contributed by atoms with van der Waals surface area (Å²) in [6, 6.07) is 2.95. The number of non-ortho nitro benzene ring substituents is 1. The van der Waals surface area contributed by atoms with Gasteiger partial charge in [0.05, 0.1) is 11.0 Å². The van der Waals surface area contributed by atoms with Crippen LogP contribution in [0, 0.1) is 21.8 Å². The van der Waals surface area contributed by atoms with Crippen LogP contribution < -0.4 is 5.32 Å². The second-order valence-corrected chi connectivity index (χ2v) is 5.35. The number of halogens is 1. The highest BCUT2D eigenvalue weighted by atomic mass is 19.1. The fraction of sp³-hybridized carbons (Fsp3) is 0.500. The van der Waals surface area contributed by atoms with E-state index in [0.717, 1.165) is 44.1 Å². The molecular weight excluding hydrogens is 277 g/mol. The summed E-state index contributed by atoms with van der Waals surface area (Å²) in [5.41, 5.74) is -0.404. The zero-order valence-corrected chi connectivity index (χ0v) is 11.8. The summed E-state index contributed by atoms with van der Waals surface area (Å²) in [5.74, 6) is -0.820. The van der Waals surface area contributed by atoms with E-state index in [4.69, 9.17) is 0 Å². The smallest absolute Gasteiger partial charge is 0.273 e. The quantitative estimate of drug-likeness (QED) is 0.679. The van der Waals surface area contributed by atoms with Crippen molar-refractivity contribution in [2.75, 3.05) is 26.7 Å². The van der Waals surface area contributed by atoms with Crippen LogP contribution >= 0.6 is 0 Å². The van der Waals surface area contributed by atoms with Gasteiger partial charge in [-0.05, 0) is 37.9 Å². The Bertz CT molecular complexity index is 544. The Labute approximate surface area is 122 Å². The summed E-state index contributed by atoms with van der Waals surface area (Å²) < 4.78 is 13.4. The normalized spacial score (nSPS) is 18.3. The van der Waals surface area contributed by atoms with Gasteiger partial charge in [0.15, 0.2) is 0 Å². The van der Waals surface area contributed by atoms with E-state index in [-0.39, 0.29) is 5.56 Å². The van der Waals surface area contributed by atoms with Crippen LogP contribution in [0.15, 0.2) is 18.2 Å². The lowest BCUT2D eigenvalue weighted by molar-refractivity contribution is -0.385. The maximum atomic E-state index is 13.4. The van der Waals surface area contributed by atoms with Gasteiger partial charge in [-0.1, -0.05) is 0 Å². The molecule has 1 atom stereocenters. The molecule has 21 heavy (non-hydrogen) atoms. The minimum atomic E-state index is -0.778. The Balaban J connectivity index is 2.09. The van der Waals surface area contributed by atoms with Gasteiger partial charge in [0.1, 0.15) is 5.82 Å². The summed E-state index contributed by atoms with van der Waals surface area (Å²) in [6.45, 7) is 2.39.